The predicted molar refractivity (Wildman–Crippen MR) is 73.6 cm³/mol. The van der Waals surface area contributed by atoms with Crippen LogP contribution in [0.15, 0.2) is 42.0 Å². The molecule has 0 fully saturated rings. The van der Waals surface area contributed by atoms with E-state index in [1.165, 1.54) is 0 Å². The minimum Gasteiger partial charge on any atom is -0.481 e. The summed E-state index contributed by atoms with van der Waals surface area (Å²) in [6, 6.07) is 8.59. The Balaban J connectivity index is 3.01. The van der Waals surface area contributed by atoms with Crippen LogP contribution in [-0.2, 0) is 9.59 Å². The summed E-state index contributed by atoms with van der Waals surface area (Å²) < 4.78 is 0. The second-order valence-electron chi connectivity index (χ2n) is 4.46. The number of hydrogen-bond donors (Lipinski definition) is 2. The molecule has 0 heterocycles. The smallest absolute Gasteiger partial charge is 0.308 e. The van der Waals surface area contributed by atoms with E-state index in [9.17, 15) is 9.59 Å². The number of carbonyl (C=O) groups is 2. The largest absolute Gasteiger partial charge is 0.481 e. The lowest BCUT2D eigenvalue weighted by atomic mass is 9.94. The average molecular weight is 261 g/mol. The summed E-state index contributed by atoms with van der Waals surface area (Å²) in [6.45, 7) is 5.06. The SMILES string of the molecule is CC=C(C)C(=O)NC(c1ccccc1)C(C)C(=O)O. The van der Waals surface area contributed by atoms with Crippen molar-refractivity contribution >= 4 is 11.9 Å². The molecule has 0 radical (unpaired) electrons. The van der Waals surface area contributed by atoms with Gasteiger partial charge >= 0.3 is 5.97 Å². The topological polar surface area (TPSA) is 66.4 Å². The Labute approximate surface area is 113 Å². The number of rotatable bonds is 5. The van der Waals surface area contributed by atoms with Gasteiger partial charge in [0.15, 0.2) is 0 Å². The van der Waals surface area contributed by atoms with Crippen molar-refractivity contribution in [3.63, 3.8) is 0 Å². The van der Waals surface area contributed by atoms with Crippen LogP contribution in [0.3, 0.4) is 0 Å². The van der Waals surface area contributed by atoms with Gasteiger partial charge < -0.3 is 10.4 Å². The molecule has 0 saturated heterocycles. The molecule has 19 heavy (non-hydrogen) atoms. The van der Waals surface area contributed by atoms with Crippen LogP contribution in [0.5, 0.6) is 0 Å². The monoisotopic (exact) mass is 261 g/mol. The van der Waals surface area contributed by atoms with Gasteiger partial charge in [-0.2, -0.15) is 0 Å². The van der Waals surface area contributed by atoms with Gasteiger partial charge in [-0.25, -0.2) is 0 Å². The van der Waals surface area contributed by atoms with Gasteiger partial charge in [-0.15, -0.1) is 0 Å². The number of carboxylic acids is 1. The maximum Gasteiger partial charge on any atom is 0.308 e. The Morgan fingerprint density at radius 2 is 1.84 bits per heavy atom. The van der Waals surface area contributed by atoms with Crippen LogP contribution in [0.2, 0.25) is 0 Å². The summed E-state index contributed by atoms with van der Waals surface area (Å²) in [7, 11) is 0. The first-order chi connectivity index (χ1) is 8.97. The van der Waals surface area contributed by atoms with Gasteiger partial charge in [-0.05, 0) is 26.3 Å². The fraction of sp³-hybridized carbons (Fsp3) is 0.333. The first kappa shape index (κ1) is 15.0. The number of nitrogens with one attached hydrogen (secondary N) is 1. The van der Waals surface area contributed by atoms with Gasteiger partial charge in [0, 0.05) is 5.57 Å². The van der Waals surface area contributed by atoms with Gasteiger partial charge in [-0.3, -0.25) is 9.59 Å². The maximum atomic E-state index is 11.9. The second kappa shape index (κ2) is 6.73. The molecule has 2 N–H and O–H groups in total. The molecule has 0 aliphatic heterocycles. The number of carbonyl (C=O) groups excluding carboxylic acids is 1. The van der Waals surface area contributed by atoms with Gasteiger partial charge in [0.25, 0.3) is 0 Å². The van der Waals surface area contributed by atoms with Crippen molar-refractivity contribution in [1.29, 1.82) is 0 Å². The summed E-state index contributed by atoms with van der Waals surface area (Å²) >= 11 is 0. The molecule has 1 rings (SSSR count). The molecule has 4 nitrogen and oxygen atoms in total. The molecular weight excluding hydrogens is 242 g/mol. The first-order valence-electron chi connectivity index (χ1n) is 6.19. The van der Waals surface area contributed by atoms with Crippen LogP contribution in [0.4, 0.5) is 0 Å². The number of aliphatic carboxylic acids is 1. The van der Waals surface area contributed by atoms with Crippen LogP contribution in [0.1, 0.15) is 32.4 Å². The van der Waals surface area contributed by atoms with Crippen LogP contribution in [-0.4, -0.2) is 17.0 Å². The molecule has 0 aliphatic rings. The number of allylic oxidation sites excluding steroid dienone is 1. The number of benzene rings is 1. The molecule has 2 unspecified atom stereocenters. The second-order valence-corrected chi connectivity index (χ2v) is 4.46. The Morgan fingerprint density at radius 1 is 1.26 bits per heavy atom. The zero-order valence-electron chi connectivity index (χ0n) is 11.4. The fourth-order valence-electron chi connectivity index (χ4n) is 1.69. The van der Waals surface area contributed by atoms with Crippen molar-refractivity contribution in [3.05, 3.63) is 47.5 Å². The lowest BCUT2D eigenvalue weighted by Gasteiger charge is -2.23. The van der Waals surface area contributed by atoms with Crippen molar-refractivity contribution in [3.8, 4) is 0 Å². The summed E-state index contributed by atoms with van der Waals surface area (Å²) in [5.41, 5.74) is 1.35. The average Bonchev–Trinajstić information content (AvgIpc) is 2.43. The molecule has 1 amide bonds. The highest BCUT2D eigenvalue weighted by molar-refractivity contribution is 5.93. The van der Waals surface area contributed by atoms with E-state index < -0.39 is 17.9 Å². The van der Waals surface area contributed by atoms with Gasteiger partial charge in [0.1, 0.15) is 0 Å². The molecule has 2 atom stereocenters. The van der Waals surface area contributed by atoms with E-state index in [0.29, 0.717) is 5.57 Å². The molecular formula is C15H19NO3. The van der Waals surface area contributed by atoms with Crippen LogP contribution < -0.4 is 5.32 Å². The van der Waals surface area contributed by atoms with Crippen LogP contribution >= 0.6 is 0 Å². The minimum atomic E-state index is -0.938. The number of amides is 1. The van der Waals surface area contributed by atoms with E-state index >= 15 is 0 Å². The van der Waals surface area contributed by atoms with Crippen molar-refractivity contribution in [2.75, 3.05) is 0 Å². The van der Waals surface area contributed by atoms with Crippen molar-refractivity contribution in [2.45, 2.75) is 26.8 Å². The predicted octanol–water partition coefficient (Wildman–Crippen LogP) is 2.53. The van der Waals surface area contributed by atoms with E-state index in [-0.39, 0.29) is 5.91 Å². The quantitative estimate of drug-likeness (QED) is 0.800. The van der Waals surface area contributed by atoms with Crippen LogP contribution in [0, 0.1) is 5.92 Å². The van der Waals surface area contributed by atoms with Crippen molar-refractivity contribution in [1.82, 2.24) is 5.32 Å². The lowest BCUT2D eigenvalue weighted by Crippen LogP contribution is -2.35. The molecule has 4 heteroatoms. The highest BCUT2D eigenvalue weighted by Crippen LogP contribution is 2.22. The molecule has 1 aromatic carbocycles. The minimum absolute atomic E-state index is 0.246. The number of hydrogen-bond acceptors (Lipinski definition) is 2. The Hall–Kier alpha value is -2.10. The Kier molecular flexibility index (Phi) is 5.30. The summed E-state index contributed by atoms with van der Waals surface area (Å²) in [4.78, 5) is 23.1. The number of carboxylic acid groups (broad SMARTS) is 1. The van der Waals surface area contributed by atoms with Crippen molar-refractivity contribution < 1.29 is 14.7 Å². The van der Waals surface area contributed by atoms with Gasteiger partial charge in [0.05, 0.1) is 12.0 Å². The standard InChI is InChI=1S/C15H19NO3/c1-4-10(2)14(17)16-13(11(3)15(18)19)12-8-6-5-7-9-12/h4-9,11,13H,1-3H3,(H,16,17)(H,18,19). The molecule has 0 spiro atoms. The van der Waals surface area contributed by atoms with E-state index in [0.717, 1.165) is 5.56 Å². The highest BCUT2D eigenvalue weighted by atomic mass is 16.4. The Bertz CT molecular complexity index is 479. The summed E-state index contributed by atoms with van der Waals surface area (Å²) in [6.07, 6.45) is 1.70. The van der Waals surface area contributed by atoms with E-state index in [1.807, 2.05) is 30.3 Å². The third-order valence-corrected chi connectivity index (χ3v) is 3.13. The zero-order valence-corrected chi connectivity index (χ0v) is 11.4. The molecule has 0 aromatic heterocycles. The maximum absolute atomic E-state index is 11.9. The zero-order chi connectivity index (χ0) is 14.4. The lowest BCUT2D eigenvalue weighted by molar-refractivity contribution is -0.142. The normalized spacial score (nSPS) is 14.6. The summed E-state index contributed by atoms with van der Waals surface area (Å²) in [5, 5.41) is 11.9. The molecule has 0 saturated carbocycles. The molecule has 0 aliphatic carbocycles. The first-order valence-corrected chi connectivity index (χ1v) is 6.19. The van der Waals surface area contributed by atoms with E-state index in [4.69, 9.17) is 5.11 Å². The Morgan fingerprint density at radius 3 is 2.32 bits per heavy atom. The summed E-state index contributed by atoms with van der Waals surface area (Å²) in [5.74, 6) is -1.88. The third-order valence-electron chi connectivity index (χ3n) is 3.13. The molecule has 0 bridgehead atoms. The van der Waals surface area contributed by atoms with Crippen LogP contribution in [0.25, 0.3) is 0 Å². The van der Waals surface area contributed by atoms with E-state index in [1.54, 1.807) is 26.8 Å². The fourth-order valence-corrected chi connectivity index (χ4v) is 1.69. The third kappa shape index (κ3) is 3.95. The van der Waals surface area contributed by atoms with E-state index in [2.05, 4.69) is 5.32 Å². The molecule has 102 valence electrons. The van der Waals surface area contributed by atoms with Gasteiger partial charge in [-0.1, -0.05) is 36.4 Å². The van der Waals surface area contributed by atoms with Crippen molar-refractivity contribution in [2.24, 2.45) is 5.92 Å². The van der Waals surface area contributed by atoms with Gasteiger partial charge in [0.2, 0.25) is 5.91 Å². The molecule has 1 aromatic rings. The highest BCUT2D eigenvalue weighted by Gasteiger charge is 2.26.